The Morgan fingerprint density at radius 1 is 1.47 bits per heavy atom. The molecule has 4 heteroatoms. The fraction of sp³-hybridized carbons (Fsp3) is 0.182. The quantitative estimate of drug-likeness (QED) is 0.836. The largest absolute Gasteiger partial charge is 0.479 e. The van der Waals surface area contributed by atoms with Crippen LogP contribution in [0.15, 0.2) is 34.9 Å². The lowest BCUT2D eigenvalue weighted by atomic mass is 10.2. The van der Waals surface area contributed by atoms with Crippen molar-refractivity contribution in [2.75, 3.05) is 0 Å². The van der Waals surface area contributed by atoms with Gasteiger partial charge in [0.05, 0.1) is 6.26 Å². The molecule has 15 heavy (non-hydrogen) atoms. The number of carboxylic acid groups (broad SMARTS) is 1. The zero-order valence-corrected chi connectivity index (χ0v) is 8.14. The smallest absolute Gasteiger partial charge is 0.344 e. The second-order valence-corrected chi connectivity index (χ2v) is 3.22. The summed E-state index contributed by atoms with van der Waals surface area (Å²) in [5.41, 5.74) is 0.685. The normalized spacial score (nSPS) is 12.6. The van der Waals surface area contributed by atoms with Crippen LogP contribution in [0.25, 0.3) is 11.0 Å². The Balaban J connectivity index is 2.24. The molecule has 0 aliphatic rings. The summed E-state index contributed by atoms with van der Waals surface area (Å²) in [6.07, 6.45) is 0.715. The fourth-order valence-electron chi connectivity index (χ4n) is 1.26. The van der Waals surface area contributed by atoms with Gasteiger partial charge in [0.25, 0.3) is 0 Å². The number of ether oxygens (including phenoxy) is 1. The molecule has 1 heterocycles. The second-order valence-electron chi connectivity index (χ2n) is 3.22. The van der Waals surface area contributed by atoms with Crippen molar-refractivity contribution in [2.24, 2.45) is 0 Å². The Bertz CT molecular complexity index is 486. The highest BCUT2D eigenvalue weighted by Crippen LogP contribution is 2.22. The highest BCUT2D eigenvalue weighted by Gasteiger charge is 2.12. The van der Waals surface area contributed by atoms with Crippen LogP contribution in [0.5, 0.6) is 5.75 Å². The molecule has 2 aromatic rings. The molecule has 1 N–H and O–H groups in total. The highest BCUT2D eigenvalue weighted by atomic mass is 16.5. The Labute approximate surface area is 86.1 Å². The molecule has 0 aliphatic carbocycles. The Hall–Kier alpha value is -1.97. The van der Waals surface area contributed by atoms with Gasteiger partial charge in [-0.3, -0.25) is 0 Å². The van der Waals surface area contributed by atoms with Gasteiger partial charge in [-0.05, 0) is 25.1 Å². The van der Waals surface area contributed by atoms with Crippen molar-refractivity contribution in [3.05, 3.63) is 30.5 Å². The maximum Gasteiger partial charge on any atom is 0.344 e. The molecular formula is C11H10O4. The van der Waals surface area contributed by atoms with Gasteiger partial charge in [-0.1, -0.05) is 0 Å². The average Bonchev–Trinajstić information content (AvgIpc) is 2.64. The van der Waals surface area contributed by atoms with E-state index >= 15 is 0 Å². The van der Waals surface area contributed by atoms with Gasteiger partial charge >= 0.3 is 5.97 Å². The van der Waals surface area contributed by atoms with Crippen LogP contribution in [0.4, 0.5) is 0 Å². The monoisotopic (exact) mass is 206 g/mol. The third-order valence-electron chi connectivity index (χ3n) is 2.09. The zero-order chi connectivity index (χ0) is 10.8. The highest BCUT2D eigenvalue weighted by molar-refractivity contribution is 5.78. The first-order valence-electron chi connectivity index (χ1n) is 4.53. The molecule has 0 saturated heterocycles. The molecule has 2 rings (SSSR count). The topological polar surface area (TPSA) is 59.7 Å². The Morgan fingerprint density at radius 2 is 2.27 bits per heavy atom. The lowest BCUT2D eigenvalue weighted by molar-refractivity contribution is -0.144. The molecule has 0 aliphatic heterocycles. The van der Waals surface area contributed by atoms with Crippen LogP contribution in [-0.2, 0) is 4.79 Å². The van der Waals surface area contributed by atoms with Gasteiger partial charge in [0.15, 0.2) is 6.10 Å². The summed E-state index contributed by atoms with van der Waals surface area (Å²) in [7, 11) is 0. The van der Waals surface area contributed by atoms with E-state index < -0.39 is 12.1 Å². The van der Waals surface area contributed by atoms with Gasteiger partial charge in [0.2, 0.25) is 0 Å². The molecule has 0 spiro atoms. The minimum Gasteiger partial charge on any atom is -0.479 e. The first-order chi connectivity index (χ1) is 7.16. The van der Waals surface area contributed by atoms with Crippen molar-refractivity contribution in [1.29, 1.82) is 0 Å². The van der Waals surface area contributed by atoms with Crippen LogP contribution < -0.4 is 4.74 Å². The van der Waals surface area contributed by atoms with Crippen LogP contribution in [0, 0.1) is 0 Å². The third-order valence-corrected chi connectivity index (χ3v) is 2.09. The number of benzene rings is 1. The molecule has 1 atom stereocenters. The minimum atomic E-state index is -0.991. The number of fused-ring (bicyclic) bond motifs is 1. The van der Waals surface area contributed by atoms with Crippen LogP contribution in [0.1, 0.15) is 6.92 Å². The third kappa shape index (κ3) is 1.93. The van der Waals surface area contributed by atoms with Crippen LogP contribution >= 0.6 is 0 Å². The minimum absolute atomic E-state index is 0.493. The van der Waals surface area contributed by atoms with Gasteiger partial charge in [-0.25, -0.2) is 4.79 Å². The maximum atomic E-state index is 10.6. The van der Waals surface area contributed by atoms with Gasteiger partial charge in [0.1, 0.15) is 11.3 Å². The van der Waals surface area contributed by atoms with Crippen molar-refractivity contribution in [1.82, 2.24) is 0 Å². The molecule has 1 unspecified atom stereocenters. The number of carboxylic acids is 1. The first kappa shape index (κ1) is 9.58. The summed E-state index contributed by atoms with van der Waals surface area (Å²) in [4.78, 5) is 10.6. The van der Waals surface area contributed by atoms with Crippen LogP contribution in [0.3, 0.4) is 0 Å². The van der Waals surface area contributed by atoms with Crippen LogP contribution in [-0.4, -0.2) is 17.2 Å². The molecule has 0 bridgehead atoms. The maximum absolute atomic E-state index is 10.6. The summed E-state index contributed by atoms with van der Waals surface area (Å²) in [5, 5.41) is 9.63. The van der Waals surface area contributed by atoms with E-state index in [0.717, 1.165) is 5.39 Å². The van der Waals surface area contributed by atoms with E-state index in [4.69, 9.17) is 14.3 Å². The van der Waals surface area contributed by atoms with Gasteiger partial charge in [-0.2, -0.15) is 0 Å². The molecule has 0 fully saturated rings. The number of furan rings is 1. The lowest BCUT2D eigenvalue weighted by Crippen LogP contribution is -2.22. The molecule has 1 aromatic heterocycles. The first-order valence-corrected chi connectivity index (χ1v) is 4.53. The van der Waals surface area contributed by atoms with E-state index in [1.54, 1.807) is 18.4 Å². The lowest BCUT2D eigenvalue weighted by Gasteiger charge is -2.09. The average molecular weight is 206 g/mol. The summed E-state index contributed by atoms with van der Waals surface area (Å²) >= 11 is 0. The molecule has 0 amide bonds. The van der Waals surface area contributed by atoms with E-state index in [0.29, 0.717) is 11.3 Å². The predicted octanol–water partition coefficient (Wildman–Crippen LogP) is 2.28. The van der Waals surface area contributed by atoms with Crippen LogP contribution in [0.2, 0.25) is 0 Å². The van der Waals surface area contributed by atoms with Crippen molar-refractivity contribution in [3.63, 3.8) is 0 Å². The number of aliphatic carboxylic acids is 1. The Morgan fingerprint density at radius 3 is 3.00 bits per heavy atom. The molecule has 78 valence electrons. The number of carbonyl (C=O) groups is 1. The molecule has 0 saturated carbocycles. The SMILES string of the molecule is CC(Oc1ccc2ccoc2c1)C(=O)O. The van der Waals surface area contributed by atoms with Crippen molar-refractivity contribution in [2.45, 2.75) is 13.0 Å². The molecule has 1 aromatic carbocycles. The van der Waals surface area contributed by atoms with Gasteiger partial charge in [0, 0.05) is 11.5 Å². The standard InChI is InChI=1S/C11H10O4/c1-7(11(12)13)15-9-3-2-8-4-5-14-10(8)6-9/h2-7H,1H3,(H,12,13). The van der Waals surface area contributed by atoms with Crippen molar-refractivity contribution in [3.8, 4) is 5.75 Å². The van der Waals surface area contributed by atoms with E-state index in [-0.39, 0.29) is 0 Å². The summed E-state index contributed by atoms with van der Waals surface area (Å²) in [6.45, 7) is 1.48. The summed E-state index contributed by atoms with van der Waals surface area (Å²) < 4.78 is 10.4. The summed E-state index contributed by atoms with van der Waals surface area (Å²) in [5.74, 6) is -0.498. The Kier molecular flexibility index (Phi) is 2.33. The fourth-order valence-corrected chi connectivity index (χ4v) is 1.26. The zero-order valence-electron chi connectivity index (χ0n) is 8.14. The second kappa shape index (κ2) is 3.65. The number of hydrogen-bond acceptors (Lipinski definition) is 3. The van der Waals surface area contributed by atoms with Gasteiger partial charge < -0.3 is 14.3 Å². The molecular weight excluding hydrogens is 196 g/mol. The van der Waals surface area contributed by atoms with E-state index in [9.17, 15) is 4.79 Å². The van der Waals surface area contributed by atoms with E-state index in [1.165, 1.54) is 6.92 Å². The number of hydrogen-bond donors (Lipinski definition) is 1. The molecule has 0 radical (unpaired) electrons. The van der Waals surface area contributed by atoms with Crippen molar-refractivity contribution >= 4 is 16.9 Å². The van der Waals surface area contributed by atoms with Gasteiger partial charge in [-0.15, -0.1) is 0 Å². The molecule has 4 nitrogen and oxygen atoms in total. The van der Waals surface area contributed by atoms with E-state index in [2.05, 4.69) is 0 Å². The van der Waals surface area contributed by atoms with E-state index in [1.807, 2.05) is 12.1 Å². The number of rotatable bonds is 3. The summed E-state index contributed by atoms with van der Waals surface area (Å²) in [6, 6.07) is 7.05. The predicted molar refractivity (Wildman–Crippen MR) is 53.9 cm³/mol. The van der Waals surface area contributed by atoms with Crippen molar-refractivity contribution < 1.29 is 19.1 Å².